The predicted octanol–water partition coefficient (Wildman–Crippen LogP) is 4.59. The summed E-state index contributed by atoms with van der Waals surface area (Å²) in [7, 11) is 0. The van der Waals surface area contributed by atoms with E-state index in [1.54, 1.807) is 4.90 Å². The van der Waals surface area contributed by atoms with Crippen LogP contribution in [0.25, 0.3) is 0 Å². The number of carbonyl (C=O) groups is 1. The third-order valence-corrected chi connectivity index (χ3v) is 5.07. The lowest BCUT2D eigenvalue weighted by molar-refractivity contribution is 0.0975. The average molecular weight is 388 g/mol. The van der Waals surface area contributed by atoms with Crippen LogP contribution in [0.3, 0.4) is 0 Å². The molecule has 146 valence electrons. The van der Waals surface area contributed by atoms with Gasteiger partial charge < -0.3 is 19.5 Å². The van der Waals surface area contributed by atoms with Crippen molar-refractivity contribution in [3.8, 4) is 17.2 Å². The van der Waals surface area contributed by atoms with Crippen LogP contribution in [-0.2, 0) is 0 Å². The Kier molecular flexibility index (Phi) is 4.24. The highest BCUT2D eigenvalue weighted by atomic mass is 16.7. The number of anilines is 2. The van der Waals surface area contributed by atoms with Crippen LogP contribution in [0, 0.1) is 0 Å². The zero-order chi connectivity index (χ0) is 19.8. The molecule has 0 bridgehead atoms. The summed E-state index contributed by atoms with van der Waals surface area (Å²) in [4.78, 5) is 15.2. The number of fused-ring (bicyclic) bond motifs is 2. The molecule has 5 rings (SSSR count). The maximum Gasteiger partial charge on any atom is 0.262 e. The fourth-order valence-electron chi connectivity index (χ4n) is 3.70. The van der Waals surface area contributed by atoms with Crippen molar-refractivity contribution in [2.24, 2.45) is 0 Å². The molecule has 0 radical (unpaired) electrons. The molecule has 6 heteroatoms. The highest BCUT2D eigenvalue weighted by Gasteiger charge is 2.34. The molecule has 0 aliphatic carbocycles. The summed E-state index contributed by atoms with van der Waals surface area (Å²) < 4.78 is 16.5. The van der Waals surface area contributed by atoms with Gasteiger partial charge in [0.05, 0.1) is 17.9 Å². The van der Waals surface area contributed by atoms with Crippen molar-refractivity contribution in [3.63, 3.8) is 0 Å². The Balaban J connectivity index is 1.59. The van der Waals surface area contributed by atoms with Crippen LogP contribution in [0.2, 0.25) is 0 Å². The van der Waals surface area contributed by atoms with Crippen molar-refractivity contribution in [2.45, 2.75) is 13.1 Å². The van der Waals surface area contributed by atoms with E-state index in [1.807, 2.05) is 73.7 Å². The Morgan fingerprint density at radius 1 is 1.03 bits per heavy atom. The van der Waals surface area contributed by atoms with Crippen LogP contribution in [0.4, 0.5) is 11.4 Å². The van der Waals surface area contributed by atoms with E-state index in [4.69, 9.17) is 14.2 Å². The van der Waals surface area contributed by atoms with E-state index >= 15 is 0 Å². The van der Waals surface area contributed by atoms with Crippen molar-refractivity contribution in [2.75, 3.05) is 23.6 Å². The highest BCUT2D eigenvalue weighted by molar-refractivity contribution is 6.12. The van der Waals surface area contributed by atoms with Gasteiger partial charge >= 0.3 is 0 Å². The van der Waals surface area contributed by atoms with Crippen molar-refractivity contribution >= 4 is 17.3 Å². The van der Waals surface area contributed by atoms with E-state index in [2.05, 4.69) is 5.32 Å². The van der Waals surface area contributed by atoms with E-state index < -0.39 is 0 Å². The fraction of sp³-hybridized carbons (Fsp3) is 0.174. The van der Waals surface area contributed by atoms with Gasteiger partial charge in [-0.2, -0.15) is 0 Å². The Morgan fingerprint density at radius 3 is 2.66 bits per heavy atom. The molecule has 0 saturated carbocycles. The molecular formula is C23H20N2O4. The normalized spacial score (nSPS) is 16.9. The SMILES string of the molecule is CCOc1ccc(C2Nc3ccccc3C(=O)N2c2ccc3c(c2)OCO3)cc1. The highest BCUT2D eigenvalue weighted by Crippen LogP contribution is 2.41. The molecule has 1 N–H and O–H groups in total. The quantitative estimate of drug-likeness (QED) is 0.709. The van der Waals surface area contributed by atoms with Crippen LogP contribution in [-0.4, -0.2) is 19.3 Å². The monoisotopic (exact) mass is 388 g/mol. The molecule has 0 spiro atoms. The lowest BCUT2D eigenvalue weighted by atomic mass is 10.0. The molecule has 0 aromatic heterocycles. The number of benzene rings is 3. The zero-order valence-electron chi connectivity index (χ0n) is 15.9. The summed E-state index contributed by atoms with van der Waals surface area (Å²) in [6.45, 7) is 2.75. The number of hydrogen-bond acceptors (Lipinski definition) is 5. The van der Waals surface area contributed by atoms with Gasteiger partial charge in [-0.1, -0.05) is 24.3 Å². The molecule has 2 aliphatic rings. The van der Waals surface area contributed by atoms with Gasteiger partial charge in [0.2, 0.25) is 6.79 Å². The number of hydrogen-bond donors (Lipinski definition) is 1. The molecule has 1 amide bonds. The Labute approximate surface area is 168 Å². The van der Waals surface area contributed by atoms with Gasteiger partial charge in [-0.05, 0) is 48.9 Å². The summed E-state index contributed by atoms with van der Waals surface area (Å²) in [6, 6.07) is 20.9. The minimum Gasteiger partial charge on any atom is -0.494 e. The molecule has 3 aromatic rings. The standard InChI is InChI=1S/C23H20N2O4/c1-2-27-17-10-7-15(8-11-17)22-24-19-6-4-3-5-18(19)23(26)25(22)16-9-12-20-21(13-16)29-14-28-20/h3-13,22,24H,2,14H2,1H3. The van der Waals surface area contributed by atoms with Gasteiger partial charge in [-0.3, -0.25) is 9.69 Å². The fourth-order valence-corrected chi connectivity index (χ4v) is 3.70. The first-order chi connectivity index (χ1) is 14.2. The number of para-hydroxylation sites is 1. The maximum absolute atomic E-state index is 13.5. The van der Waals surface area contributed by atoms with Gasteiger partial charge in [0.15, 0.2) is 11.5 Å². The summed E-state index contributed by atoms with van der Waals surface area (Å²) in [5.74, 6) is 2.05. The predicted molar refractivity (Wildman–Crippen MR) is 110 cm³/mol. The van der Waals surface area contributed by atoms with E-state index in [0.29, 0.717) is 23.7 Å². The van der Waals surface area contributed by atoms with Crippen LogP contribution in [0.15, 0.2) is 66.7 Å². The van der Waals surface area contributed by atoms with Gasteiger partial charge in [0.25, 0.3) is 5.91 Å². The lowest BCUT2D eigenvalue weighted by Crippen LogP contribution is -2.43. The van der Waals surface area contributed by atoms with E-state index in [9.17, 15) is 4.79 Å². The number of nitrogens with one attached hydrogen (secondary N) is 1. The van der Waals surface area contributed by atoms with Crippen molar-refractivity contribution < 1.29 is 19.0 Å². The van der Waals surface area contributed by atoms with Crippen LogP contribution in [0.1, 0.15) is 29.0 Å². The number of amides is 1. The van der Waals surface area contributed by atoms with E-state index in [0.717, 1.165) is 22.7 Å². The van der Waals surface area contributed by atoms with Crippen molar-refractivity contribution in [3.05, 3.63) is 77.9 Å². The van der Waals surface area contributed by atoms with Crippen molar-refractivity contribution in [1.82, 2.24) is 0 Å². The summed E-state index contributed by atoms with van der Waals surface area (Å²) in [5.41, 5.74) is 3.13. The van der Waals surface area contributed by atoms with Crippen LogP contribution < -0.4 is 24.4 Å². The molecule has 6 nitrogen and oxygen atoms in total. The Hall–Kier alpha value is -3.67. The number of carbonyl (C=O) groups excluding carboxylic acids is 1. The number of rotatable bonds is 4. The minimum absolute atomic E-state index is 0.0721. The van der Waals surface area contributed by atoms with Gasteiger partial charge in [0.1, 0.15) is 11.9 Å². The third kappa shape index (κ3) is 3.02. The minimum atomic E-state index is -0.367. The second-order valence-electron chi connectivity index (χ2n) is 6.81. The van der Waals surface area contributed by atoms with E-state index in [-0.39, 0.29) is 18.9 Å². The zero-order valence-corrected chi connectivity index (χ0v) is 15.9. The summed E-state index contributed by atoms with van der Waals surface area (Å²) in [6.07, 6.45) is -0.367. The second-order valence-corrected chi connectivity index (χ2v) is 6.81. The van der Waals surface area contributed by atoms with Gasteiger partial charge in [0, 0.05) is 11.8 Å². The molecule has 2 aliphatic heterocycles. The first kappa shape index (κ1) is 17.4. The largest absolute Gasteiger partial charge is 0.494 e. The Morgan fingerprint density at radius 2 is 1.83 bits per heavy atom. The Bertz CT molecular complexity index is 1060. The number of nitrogens with zero attached hydrogens (tertiary/aromatic N) is 1. The van der Waals surface area contributed by atoms with Crippen LogP contribution in [0.5, 0.6) is 17.2 Å². The number of ether oxygens (including phenoxy) is 3. The molecule has 0 saturated heterocycles. The molecule has 2 heterocycles. The third-order valence-electron chi connectivity index (χ3n) is 5.07. The average Bonchev–Trinajstić information content (AvgIpc) is 3.22. The first-order valence-corrected chi connectivity index (χ1v) is 9.56. The molecular weight excluding hydrogens is 368 g/mol. The summed E-state index contributed by atoms with van der Waals surface area (Å²) in [5, 5.41) is 3.50. The maximum atomic E-state index is 13.5. The second kappa shape index (κ2) is 7.05. The van der Waals surface area contributed by atoms with Crippen LogP contribution >= 0.6 is 0 Å². The van der Waals surface area contributed by atoms with Crippen molar-refractivity contribution in [1.29, 1.82) is 0 Å². The lowest BCUT2D eigenvalue weighted by Gasteiger charge is -2.38. The topological polar surface area (TPSA) is 60.0 Å². The molecule has 1 atom stereocenters. The smallest absolute Gasteiger partial charge is 0.262 e. The van der Waals surface area contributed by atoms with E-state index in [1.165, 1.54) is 0 Å². The molecule has 0 fully saturated rings. The summed E-state index contributed by atoms with van der Waals surface area (Å²) >= 11 is 0. The van der Waals surface area contributed by atoms with Gasteiger partial charge in [-0.25, -0.2) is 0 Å². The molecule has 3 aromatic carbocycles. The molecule has 29 heavy (non-hydrogen) atoms. The molecule has 1 unspecified atom stereocenters. The van der Waals surface area contributed by atoms with Gasteiger partial charge in [-0.15, -0.1) is 0 Å². The first-order valence-electron chi connectivity index (χ1n) is 9.56.